The summed E-state index contributed by atoms with van der Waals surface area (Å²) >= 11 is 0. The van der Waals surface area contributed by atoms with E-state index in [0.717, 1.165) is 37.5 Å². The van der Waals surface area contributed by atoms with Crippen LogP contribution in [0.15, 0.2) is 11.1 Å². The molecule has 0 unspecified atom stereocenters. The first kappa shape index (κ1) is 15.2. The van der Waals surface area contributed by atoms with Gasteiger partial charge >= 0.3 is 0 Å². The lowest BCUT2D eigenvalue weighted by atomic mass is 10.0. The van der Waals surface area contributed by atoms with Gasteiger partial charge in [-0.15, -0.1) is 0 Å². The summed E-state index contributed by atoms with van der Waals surface area (Å²) < 4.78 is 0. The maximum absolute atomic E-state index is 11.8. The molecule has 0 saturated carbocycles. The van der Waals surface area contributed by atoms with Gasteiger partial charge in [-0.25, -0.2) is 0 Å². The van der Waals surface area contributed by atoms with E-state index in [1.807, 2.05) is 6.92 Å². The Morgan fingerprint density at radius 3 is 2.44 bits per heavy atom. The normalized spacial score (nSPS) is 14.6. The van der Waals surface area contributed by atoms with E-state index < -0.39 is 0 Å². The molecule has 1 fully saturated rings. The third kappa shape index (κ3) is 5.67. The molecule has 2 N–H and O–H groups in total. The summed E-state index contributed by atoms with van der Waals surface area (Å²) in [5.41, 5.74) is 2.16. The number of nitrogens with one attached hydrogen (secondary N) is 2. The number of carbonyl (C=O) groups excluding carboxylic acids is 1. The molecule has 0 spiro atoms. The van der Waals surface area contributed by atoms with Gasteiger partial charge in [0.05, 0.1) is 0 Å². The van der Waals surface area contributed by atoms with Crippen LogP contribution in [-0.4, -0.2) is 25.5 Å². The maximum Gasteiger partial charge on any atom is 0.246 e. The Hall–Kier alpha value is -0.830. The van der Waals surface area contributed by atoms with Gasteiger partial charge in [0.2, 0.25) is 5.91 Å². The van der Waals surface area contributed by atoms with Crippen LogP contribution >= 0.6 is 0 Å². The van der Waals surface area contributed by atoms with E-state index in [1.165, 1.54) is 31.3 Å². The minimum Gasteiger partial charge on any atom is -0.352 e. The van der Waals surface area contributed by atoms with E-state index >= 15 is 0 Å². The fraction of sp³-hybridized carbons (Fsp3) is 0.800. The van der Waals surface area contributed by atoms with Gasteiger partial charge in [-0.05, 0) is 24.8 Å². The van der Waals surface area contributed by atoms with Crippen LogP contribution in [0.5, 0.6) is 0 Å². The van der Waals surface area contributed by atoms with Crippen LogP contribution in [0.4, 0.5) is 0 Å². The van der Waals surface area contributed by atoms with E-state index in [0.29, 0.717) is 0 Å². The maximum atomic E-state index is 11.8. The minimum atomic E-state index is 0.119. The van der Waals surface area contributed by atoms with Crippen molar-refractivity contribution in [3.63, 3.8) is 0 Å². The van der Waals surface area contributed by atoms with Crippen LogP contribution in [0.25, 0.3) is 0 Å². The predicted molar refractivity (Wildman–Crippen MR) is 76.5 cm³/mol. The molecular formula is C15H28N2O. The van der Waals surface area contributed by atoms with E-state index in [1.54, 1.807) is 0 Å². The third-order valence-electron chi connectivity index (χ3n) is 3.54. The van der Waals surface area contributed by atoms with Crippen molar-refractivity contribution in [3.05, 3.63) is 11.1 Å². The monoisotopic (exact) mass is 252 g/mol. The van der Waals surface area contributed by atoms with Crippen LogP contribution in [0.3, 0.4) is 0 Å². The first-order valence-corrected chi connectivity index (χ1v) is 7.28. The zero-order chi connectivity index (χ0) is 13.4. The minimum absolute atomic E-state index is 0.119. The molecule has 0 bridgehead atoms. The predicted octanol–water partition coefficient (Wildman–Crippen LogP) is 2.63. The van der Waals surface area contributed by atoms with Crippen LogP contribution in [0.1, 0.15) is 52.9 Å². The zero-order valence-corrected chi connectivity index (χ0v) is 12.1. The Morgan fingerprint density at radius 2 is 1.89 bits per heavy atom. The van der Waals surface area contributed by atoms with Gasteiger partial charge in [-0.1, -0.05) is 39.5 Å². The third-order valence-corrected chi connectivity index (χ3v) is 3.54. The van der Waals surface area contributed by atoms with Gasteiger partial charge < -0.3 is 10.6 Å². The molecule has 1 aliphatic rings. The van der Waals surface area contributed by atoms with Gasteiger partial charge in [0.15, 0.2) is 0 Å². The summed E-state index contributed by atoms with van der Waals surface area (Å²) in [7, 11) is 0. The molecule has 3 nitrogen and oxygen atoms in total. The Morgan fingerprint density at radius 1 is 1.22 bits per heavy atom. The van der Waals surface area contributed by atoms with Gasteiger partial charge in [0.25, 0.3) is 0 Å². The number of hydrogen-bond donors (Lipinski definition) is 2. The molecular weight excluding hydrogens is 224 g/mol. The molecule has 0 radical (unpaired) electrons. The average molecular weight is 252 g/mol. The molecule has 0 aromatic heterocycles. The zero-order valence-electron chi connectivity index (χ0n) is 12.1. The fourth-order valence-corrected chi connectivity index (χ4v) is 2.04. The van der Waals surface area contributed by atoms with E-state index in [-0.39, 0.29) is 5.91 Å². The number of carbonyl (C=O) groups is 1. The number of rotatable bonds is 8. The fourth-order valence-electron chi connectivity index (χ4n) is 2.04. The van der Waals surface area contributed by atoms with Crippen molar-refractivity contribution in [1.82, 2.24) is 10.6 Å². The highest BCUT2D eigenvalue weighted by Gasteiger charge is 2.15. The molecule has 1 amide bonds. The van der Waals surface area contributed by atoms with Crippen molar-refractivity contribution in [2.45, 2.75) is 52.9 Å². The second-order valence-electron chi connectivity index (χ2n) is 5.68. The smallest absolute Gasteiger partial charge is 0.246 e. The highest BCUT2D eigenvalue weighted by atomic mass is 16.1. The highest BCUT2D eigenvalue weighted by molar-refractivity contribution is 5.93. The Labute approximate surface area is 111 Å². The second kappa shape index (κ2) is 8.30. The van der Waals surface area contributed by atoms with Crippen molar-refractivity contribution in [3.8, 4) is 0 Å². The Balaban J connectivity index is 1.99. The molecule has 3 heteroatoms. The number of amides is 1. The number of unbranched alkanes of at least 4 members (excludes halogenated alkanes) is 3. The van der Waals surface area contributed by atoms with E-state index in [2.05, 4.69) is 24.5 Å². The first-order chi connectivity index (χ1) is 8.61. The standard InChI is InChI=1S/C15H28N2O/c1-12(2)8-6-4-5-7-9-17-15(18)13(3)14-10-16-11-14/h12,16H,4-11H2,1-3H3,(H,17,18). The lowest BCUT2D eigenvalue weighted by Gasteiger charge is -2.21. The average Bonchev–Trinajstić information content (AvgIpc) is 2.24. The molecule has 1 saturated heterocycles. The van der Waals surface area contributed by atoms with Gasteiger partial charge in [-0.3, -0.25) is 4.79 Å². The van der Waals surface area contributed by atoms with Crippen molar-refractivity contribution in [2.75, 3.05) is 19.6 Å². The largest absolute Gasteiger partial charge is 0.352 e. The first-order valence-electron chi connectivity index (χ1n) is 7.28. The van der Waals surface area contributed by atoms with Crippen LogP contribution in [0.2, 0.25) is 0 Å². The van der Waals surface area contributed by atoms with Crippen molar-refractivity contribution >= 4 is 5.91 Å². The van der Waals surface area contributed by atoms with E-state index in [4.69, 9.17) is 0 Å². The van der Waals surface area contributed by atoms with E-state index in [9.17, 15) is 4.79 Å². The summed E-state index contributed by atoms with van der Waals surface area (Å²) in [6, 6.07) is 0. The lowest BCUT2D eigenvalue weighted by molar-refractivity contribution is -0.117. The summed E-state index contributed by atoms with van der Waals surface area (Å²) in [6.07, 6.45) is 6.26. The molecule has 1 aliphatic heterocycles. The molecule has 1 rings (SSSR count). The van der Waals surface area contributed by atoms with Crippen molar-refractivity contribution in [1.29, 1.82) is 0 Å². The summed E-state index contributed by atoms with van der Waals surface area (Å²) in [5.74, 6) is 0.934. The van der Waals surface area contributed by atoms with Gasteiger partial charge in [0.1, 0.15) is 0 Å². The SMILES string of the molecule is CC(C(=O)NCCCCCCC(C)C)=C1CNC1. The van der Waals surface area contributed by atoms with Crippen LogP contribution in [0, 0.1) is 5.92 Å². The van der Waals surface area contributed by atoms with Crippen molar-refractivity contribution in [2.24, 2.45) is 5.92 Å². The molecule has 0 atom stereocenters. The summed E-state index contributed by atoms with van der Waals surface area (Å²) in [5, 5.41) is 6.17. The molecule has 1 heterocycles. The molecule has 0 aromatic carbocycles. The molecule has 0 aromatic rings. The molecule has 18 heavy (non-hydrogen) atoms. The summed E-state index contributed by atoms with van der Waals surface area (Å²) in [4.78, 5) is 11.8. The topological polar surface area (TPSA) is 41.1 Å². The van der Waals surface area contributed by atoms with Crippen LogP contribution in [-0.2, 0) is 4.79 Å². The number of hydrogen-bond acceptors (Lipinski definition) is 2. The quantitative estimate of drug-likeness (QED) is 0.515. The molecule has 0 aliphatic carbocycles. The van der Waals surface area contributed by atoms with Crippen molar-refractivity contribution < 1.29 is 4.79 Å². The summed E-state index contributed by atoms with van der Waals surface area (Å²) in [6.45, 7) is 9.05. The highest BCUT2D eigenvalue weighted by Crippen LogP contribution is 2.10. The van der Waals surface area contributed by atoms with Gasteiger partial charge in [0, 0.05) is 25.2 Å². The van der Waals surface area contributed by atoms with Gasteiger partial charge in [-0.2, -0.15) is 0 Å². The second-order valence-corrected chi connectivity index (χ2v) is 5.68. The Bertz CT molecular complexity index is 289. The molecule has 104 valence electrons. The Kier molecular flexibility index (Phi) is 7.02. The lowest BCUT2D eigenvalue weighted by Crippen LogP contribution is -2.37. The van der Waals surface area contributed by atoms with Crippen LogP contribution < -0.4 is 10.6 Å².